The summed E-state index contributed by atoms with van der Waals surface area (Å²) in [5.41, 5.74) is 3.74. The summed E-state index contributed by atoms with van der Waals surface area (Å²) in [6, 6.07) is 13.6. The Balaban J connectivity index is 1.65. The predicted molar refractivity (Wildman–Crippen MR) is 87.8 cm³/mol. The molecular formula is C17H14N6. The summed E-state index contributed by atoms with van der Waals surface area (Å²) in [5, 5.41) is 7.91. The zero-order chi connectivity index (χ0) is 15.5. The molecule has 1 N–H and O–H groups in total. The normalized spacial score (nSPS) is 10.8. The number of pyridine rings is 2. The third-order valence-corrected chi connectivity index (χ3v) is 3.52. The van der Waals surface area contributed by atoms with Gasteiger partial charge in [-0.05, 0) is 36.4 Å². The van der Waals surface area contributed by atoms with Crippen molar-refractivity contribution in [2.45, 2.75) is 6.54 Å². The Bertz CT molecular complexity index is 918. The van der Waals surface area contributed by atoms with E-state index >= 15 is 0 Å². The van der Waals surface area contributed by atoms with E-state index in [0.29, 0.717) is 6.54 Å². The number of rotatable bonds is 4. The van der Waals surface area contributed by atoms with E-state index in [0.717, 1.165) is 28.4 Å². The van der Waals surface area contributed by atoms with Crippen LogP contribution in [0.5, 0.6) is 0 Å². The Kier molecular flexibility index (Phi) is 3.40. The maximum atomic E-state index is 4.62. The van der Waals surface area contributed by atoms with Gasteiger partial charge in [-0.25, -0.2) is 9.50 Å². The van der Waals surface area contributed by atoms with Crippen LogP contribution in [0, 0.1) is 0 Å². The zero-order valence-electron chi connectivity index (χ0n) is 12.3. The van der Waals surface area contributed by atoms with Crippen LogP contribution in [0.1, 0.15) is 5.69 Å². The monoisotopic (exact) mass is 302 g/mol. The highest BCUT2D eigenvalue weighted by Crippen LogP contribution is 2.20. The second-order valence-corrected chi connectivity index (χ2v) is 5.04. The highest BCUT2D eigenvalue weighted by atomic mass is 15.3. The molecule has 4 aromatic heterocycles. The van der Waals surface area contributed by atoms with Gasteiger partial charge in [-0.2, -0.15) is 0 Å². The highest BCUT2D eigenvalue weighted by molar-refractivity contribution is 5.63. The molecular weight excluding hydrogens is 288 g/mol. The number of anilines is 1. The minimum absolute atomic E-state index is 0.624. The lowest BCUT2D eigenvalue weighted by Gasteiger charge is -2.06. The van der Waals surface area contributed by atoms with Crippen LogP contribution >= 0.6 is 0 Å². The van der Waals surface area contributed by atoms with Crippen molar-refractivity contribution >= 4 is 11.5 Å². The second-order valence-electron chi connectivity index (χ2n) is 5.04. The maximum absolute atomic E-state index is 4.62. The Morgan fingerprint density at radius 2 is 1.83 bits per heavy atom. The van der Waals surface area contributed by atoms with Crippen LogP contribution in [0.2, 0.25) is 0 Å². The molecule has 0 saturated heterocycles. The van der Waals surface area contributed by atoms with Crippen LogP contribution < -0.4 is 5.32 Å². The molecule has 0 aliphatic carbocycles. The Morgan fingerprint density at radius 3 is 2.65 bits per heavy atom. The first-order chi connectivity index (χ1) is 11.4. The second kappa shape index (κ2) is 5.84. The quantitative estimate of drug-likeness (QED) is 0.628. The van der Waals surface area contributed by atoms with Crippen molar-refractivity contribution in [3.8, 4) is 11.3 Å². The fourth-order valence-corrected chi connectivity index (χ4v) is 2.37. The molecule has 0 aliphatic heterocycles. The molecule has 0 spiro atoms. The summed E-state index contributed by atoms with van der Waals surface area (Å²) in [4.78, 5) is 12.7. The fraction of sp³-hybridized carbons (Fsp3) is 0.0588. The molecule has 0 radical (unpaired) electrons. The number of hydrogen-bond donors (Lipinski definition) is 1. The molecule has 0 bridgehead atoms. The molecule has 0 saturated carbocycles. The SMILES string of the molecule is c1ccc(CNc2ccc3ncc(-c4ccncc4)n3n2)nc1. The third-order valence-electron chi connectivity index (χ3n) is 3.52. The van der Waals surface area contributed by atoms with Gasteiger partial charge in [0.05, 0.1) is 24.1 Å². The lowest BCUT2D eigenvalue weighted by molar-refractivity contribution is 0.923. The number of nitrogens with one attached hydrogen (secondary N) is 1. The van der Waals surface area contributed by atoms with Crippen molar-refractivity contribution in [3.63, 3.8) is 0 Å². The van der Waals surface area contributed by atoms with Gasteiger partial charge in [0.25, 0.3) is 0 Å². The average molecular weight is 302 g/mol. The number of aromatic nitrogens is 5. The van der Waals surface area contributed by atoms with Crippen molar-refractivity contribution in [1.82, 2.24) is 24.6 Å². The topological polar surface area (TPSA) is 68.0 Å². The summed E-state index contributed by atoms with van der Waals surface area (Å²) in [5.74, 6) is 0.774. The summed E-state index contributed by atoms with van der Waals surface area (Å²) in [6.07, 6.45) is 7.13. The number of fused-ring (bicyclic) bond motifs is 1. The van der Waals surface area contributed by atoms with E-state index in [9.17, 15) is 0 Å². The summed E-state index contributed by atoms with van der Waals surface area (Å²) >= 11 is 0. The molecule has 0 unspecified atom stereocenters. The van der Waals surface area contributed by atoms with Crippen LogP contribution in [0.25, 0.3) is 16.9 Å². The van der Waals surface area contributed by atoms with E-state index in [-0.39, 0.29) is 0 Å². The molecule has 0 atom stereocenters. The lowest BCUT2D eigenvalue weighted by Crippen LogP contribution is -2.05. The van der Waals surface area contributed by atoms with Gasteiger partial charge in [-0.3, -0.25) is 9.97 Å². The van der Waals surface area contributed by atoms with Gasteiger partial charge in [0.1, 0.15) is 5.82 Å². The molecule has 6 nitrogen and oxygen atoms in total. The minimum atomic E-state index is 0.624. The Hall–Kier alpha value is -3.28. The van der Waals surface area contributed by atoms with E-state index in [1.807, 2.05) is 53.2 Å². The molecule has 0 amide bonds. The molecule has 23 heavy (non-hydrogen) atoms. The van der Waals surface area contributed by atoms with Crippen molar-refractivity contribution in [2.24, 2.45) is 0 Å². The Labute approximate surface area is 132 Å². The van der Waals surface area contributed by atoms with Crippen molar-refractivity contribution in [3.05, 3.63) is 72.9 Å². The Morgan fingerprint density at radius 1 is 0.913 bits per heavy atom. The van der Waals surface area contributed by atoms with Crippen LogP contribution in [-0.4, -0.2) is 24.6 Å². The lowest BCUT2D eigenvalue weighted by atomic mass is 10.2. The molecule has 0 fully saturated rings. The first-order valence-electron chi connectivity index (χ1n) is 7.29. The molecule has 4 aromatic rings. The largest absolute Gasteiger partial charge is 0.363 e. The van der Waals surface area contributed by atoms with Crippen molar-refractivity contribution < 1.29 is 0 Å². The van der Waals surface area contributed by atoms with Gasteiger partial charge in [-0.1, -0.05) is 6.07 Å². The third kappa shape index (κ3) is 2.74. The van der Waals surface area contributed by atoms with Gasteiger partial charge in [0, 0.05) is 24.2 Å². The van der Waals surface area contributed by atoms with Gasteiger partial charge >= 0.3 is 0 Å². The van der Waals surface area contributed by atoms with Crippen LogP contribution in [0.4, 0.5) is 5.82 Å². The molecule has 4 rings (SSSR count). The van der Waals surface area contributed by atoms with E-state index < -0.39 is 0 Å². The van der Waals surface area contributed by atoms with E-state index in [4.69, 9.17) is 0 Å². The number of imidazole rings is 1. The van der Waals surface area contributed by atoms with E-state index in [1.165, 1.54) is 0 Å². The van der Waals surface area contributed by atoms with Gasteiger partial charge in [0.2, 0.25) is 0 Å². The fourth-order valence-electron chi connectivity index (χ4n) is 2.37. The summed E-state index contributed by atoms with van der Waals surface area (Å²) in [6.45, 7) is 0.624. The van der Waals surface area contributed by atoms with Gasteiger partial charge < -0.3 is 5.32 Å². The summed E-state index contributed by atoms with van der Waals surface area (Å²) < 4.78 is 1.83. The van der Waals surface area contributed by atoms with Crippen molar-refractivity contribution in [1.29, 1.82) is 0 Å². The smallest absolute Gasteiger partial charge is 0.154 e. The zero-order valence-corrected chi connectivity index (χ0v) is 12.3. The summed E-state index contributed by atoms with van der Waals surface area (Å²) in [7, 11) is 0. The van der Waals surface area contributed by atoms with Crippen LogP contribution in [-0.2, 0) is 6.54 Å². The average Bonchev–Trinajstić information content (AvgIpc) is 3.05. The number of nitrogens with zero attached hydrogens (tertiary/aromatic N) is 5. The van der Waals surface area contributed by atoms with Crippen LogP contribution in [0.3, 0.4) is 0 Å². The minimum Gasteiger partial charge on any atom is -0.363 e. The molecule has 112 valence electrons. The number of hydrogen-bond acceptors (Lipinski definition) is 5. The van der Waals surface area contributed by atoms with E-state index in [2.05, 4.69) is 25.4 Å². The molecule has 0 aliphatic rings. The maximum Gasteiger partial charge on any atom is 0.154 e. The van der Waals surface area contributed by atoms with Gasteiger partial charge in [0.15, 0.2) is 5.65 Å². The predicted octanol–water partition coefficient (Wildman–Crippen LogP) is 2.80. The molecule has 0 aromatic carbocycles. The standard InChI is InChI=1S/C17H14N6/c1-2-8-19-14(3-1)11-20-16-4-5-17-21-12-15(23(17)22-16)13-6-9-18-10-7-13/h1-10,12H,11H2,(H,20,22). The molecule has 4 heterocycles. The van der Waals surface area contributed by atoms with Crippen molar-refractivity contribution in [2.75, 3.05) is 5.32 Å². The first kappa shape index (κ1) is 13.4. The van der Waals surface area contributed by atoms with E-state index in [1.54, 1.807) is 18.6 Å². The van der Waals surface area contributed by atoms with Crippen LogP contribution in [0.15, 0.2) is 67.3 Å². The molecule has 6 heteroatoms. The van der Waals surface area contributed by atoms with Gasteiger partial charge in [-0.15, -0.1) is 5.10 Å². The first-order valence-corrected chi connectivity index (χ1v) is 7.29. The highest BCUT2D eigenvalue weighted by Gasteiger charge is 2.07.